The van der Waals surface area contributed by atoms with Gasteiger partial charge in [0.2, 0.25) is 0 Å². The van der Waals surface area contributed by atoms with E-state index in [-0.39, 0.29) is 6.04 Å². The zero-order valence-electron chi connectivity index (χ0n) is 12.5. The molecule has 4 nitrogen and oxygen atoms in total. The number of aryl methyl sites for hydroxylation is 1. The molecule has 0 aliphatic rings. The molecule has 0 radical (unpaired) electrons. The van der Waals surface area contributed by atoms with Crippen molar-refractivity contribution in [3.05, 3.63) is 28.3 Å². The summed E-state index contributed by atoms with van der Waals surface area (Å²) in [6.07, 6.45) is 0. The molecule has 106 valence electrons. The largest absolute Gasteiger partial charge is 0.496 e. The molecule has 19 heavy (non-hydrogen) atoms. The maximum absolute atomic E-state index is 11.2. The second kappa shape index (κ2) is 6.06. The average molecular weight is 265 g/mol. The van der Waals surface area contributed by atoms with Gasteiger partial charge < -0.3 is 15.2 Å². The van der Waals surface area contributed by atoms with Gasteiger partial charge in [-0.05, 0) is 50.1 Å². The monoisotopic (exact) mass is 265 g/mol. The van der Waals surface area contributed by atoms with Crippen molar-refractivity contribution >= 4 is 5.97 Å². The summed E-state index contributed by atoms with van der Waals surface area (Å²) in [6.45, 7) is 7.71. The number of nitrogens with one attached hydrogen (secondary N) is 1. The molecule has 0 saturated heterocycles. The minimum Gasteiger partial charge on any atom is -0.496 e. The second-order valence-electron chi connectivity index (χ2n) is 4.96. The van der Waals surface area contributed by atoms with E-state index in [0.717, 1.165) is 28.0 Å². The van der Waals surface area contributed by atoms with Crippen molar-refractivity contribution in [2.75, 3.05) is 14.2 Å². The Morgan fingerprint density at radius 2 is 1.89 bits per heavy atom. The number of methoxy groups -OCH3 is 1. The van der Waals surface area contributed by atoms with Crippen LogP contribution in [0.25, 0.3) is 0 Å². The summed E-state index contributed by atoms with van der Waals surface area (Å²) < 4.78 is 5.40. The van der Waals surface area contributed by atoms with E-state index in [0.29, 0.717) is 0 Å². The fourth-order valence-electron chi connectivity index (χ4n) is 2.54. The summed E-state index contributed by atoms with van der Waals surface area (Å²) in [5.41, 5.74) is 4.19. The molecular weight excluding hydrogens is 242 g/mol. The summed E-state index contributed by atoms with van der Waals surface area (Å²) in [5.74, 6) is -0.417. The molecule has 0 aliphatic carbocycles. The quantitative estimate of drug-likeness (QED) is 0.859. The number of benzene rings is 1. The maximum atomic E-state index is 11.2. The smallest absolute Gasteiger partial charge is 0.308 e. The van der Waals surface area contributed by atoms with Gasteiger partial charge in [0.05, 0.1) is 13.0 Å². The zero-order chi connectivity index (χ0) is 14.7. The Labute approximate surface area is 114 Å². The summed E-state index contributed by atoms with van der Waals surface area (Å²) in [5, 5.41) is 12.3. The highest BCUT2D eigenvalue weighted by Gasteiger charge is 2.26. The molecule has 1 aromatic carbocycles. The molecule has 0 fully saturated rings. The molecular formula is C15H23NO3. The first-order valence-corrected chi connectivity index (χ1v) is 6.39. The Morgan fingerprint density at radius 1 is 1.32 bits per heavy atom. The van der Waals surface area contributed by atoms with Crippen LogP contribution in [-0.2, 0) is 4.79 Å². The number of rotatable bonds is 5. The second-order valence-corrected chi connectivity index (χ2v) is 4.96. The summed E-state index contributed by atoms with van der Waals surface area (Å²) in [4.78, 5) is 11.2. The Hall–Kier alpha value is -1.55. The van der Waals surface area contributed by atoms with E-state index < -0.39 is 11.9 Å². The van der Waals surface area contributed by atoms with E-state index in [2.05, 4.69) is 5.32 Å². The lowest BCUT2D eigenvalue weighted by molar-refractivity contribution is -0.142. The van der Waals surface area contributed by atoms with Crippen LogP contribution < -0.4 is 10.1 Å². The van der Waals surface area contributed by atoms with Crippen molar-refractivity contribution in [3.8, 4) is 5.75 Å². The molecule has 1 rings (SSSR count). The lowest BCUT2D eigenvalue weighted by atomic mass is 9.88. The topological polar surface area (TPSA) is 58.6 Å². The number of carbonyl (C=O) groups is 1. The Morgan fingerprint density at radius 3 is 2.32 bits per heavy atom. The normalized spacial score (nSPS) is 14.0. The molecule has 0 aliphatic heterocycles. The highest BCUT2D eigenvalue weighted by atomic mass is 16.5. The Bertz CT molecular complexity index is 483. The number of aliphatic carboxylic acids is 1. The van der Waals surface area contributed by atoms with Gasteiger partial charge in [0, 0.05) is 6.04 Å². The predicted octanol–water partition coefficient (Wildman–Crippen LogP) is 2.60. The minimum absolute atomic E-state index is 0.208. The van der Waals surface area contributed by atoms with Crippen molar-refractivity contribution < 1.29 is 14.6 Å². The van der Waals surface area contributed by atoms with E-state index in [9.17, 15) is 9.90 Å². The van der Waals surface area contributed by atoms with E-state index in [1.54, 1.807) is 21.1 Å². The van der Waals surface area contributed by atoms with Crippen molar-refractivity contribution in [2.24, 2.45) is 5.92 Å². The van der Waals surface area contributed by atoms with Crippen molar-refractivity contribution in [1.82, 2.24) is 5.32 Å². The standard InChI is InChI=1S/C15H23NO3/c1-8-7-12(9(2)10(3)14(8)19-6)13(16-5)11(4)15(17)18/h7,11,13,16H,1-6H3,(H,17,18). The van der Waals surface area contributed by atoms with Gasteiger partial charge in [0.15, 0.2) is 0 Å². The van der Waals surface area contributed by atoms with Gasteiger partial charge in [-0.1, -0.05) is 13.0 Å². The first-order valence-electron chi connectivity index (χ1n) is 6.39. The van der Waals surface area contributed by atoms with Crippen LogP contribution in [0.2, 0.25) is 0 Å². The third-order valence-corrected chi connectivity index (χ3v) is 3.81. The Balaban J connectivity index is 3.37. The molecule has 0 heterocycles. The van der Waals surface area contributed by atoms with Crippen molar-refractivity contribution in [1.29, 1.82) is 0 Å². The van der Waals surface area contributed by atoms with Crippen LogP contribution in [0.5, 0.6) is 5.75 Å². The van der Waals surface area contributed by atoms with E-state index in [1.165, 1.54) is 0 Å². The zero-order valence-corrected chi connectivity index (χ0v) is 12.5. The van der Waals surface area contributed by atoms with Gasteiger partial charge in [-0.15, -0.1) is 0 Å². The van der Waals surface area contributed by atoms with Gasteiger partial charge in [0.1, 0.15) is 5.75 Å². The van der Waals surface area contributed by atoms with Gasteiger partial charge in [-0.3, -0.25) is 4.79 Å². The number of ether oxygens (including phenoxy) is 1. The highest BCUT2D eigenvalue weighted by Crippen LogP contribution is 2.33. The predicted molar refractivity (Wildman–Crippen MR) is 75.8 cm³/mol. The number of carboxylic acid groups (broad SMARTS) is 1. The lowest BCUT2D eigenvalue weighted by Crippen LogP contribution is -2.29. The molecule has 2 unspecified atom stereocenters. The molecule has 0 bridgehead atoms. The molecule has 2 atom stereocenters. The Kier molecular flexibility index (Phi) is 4.95. The van der Waals surface area contributed by atoms with E-state index >= 15 is 0 Å². The highest BCUT2D eigenvalue weighted by molar-refractivity contribution is 5.71. The minimum atomic E-state index is -0.801. The summed E-state index contributed by atoms with van der Waals surface area (Å²) in [6, 6.07) is 1.81. The molecule has 0 spiro atoms. The van der Waals surface area contributed by atoms with Crippen molar-refractivity contribution in [3.63, 3.8) is 0 Å². The molecule has 0 aromatic heterocycles. The third-order valence-electron chi connectivity index (χ3n) is 3.81. The summed E-state index contributed by atoms with van der Waals surface area (Å²) in [7, 11) is 3.45. The lowest BCUT2D eigenvalue weighted by Gasteiger charge is -2.25. The number of hydrogen-bond acceptors (Lipinski definition) is 3. The van der Waals surface area contributed by atoms with Crippen LogP contribution in [0, 0.1) is 26.7 Å². The van der Waals surface area contributed by atoms with Crippen LogP contribution >= 0.6 is 0 Å². The first kappa shape index (κ1) is 15.5. The fraction of sp³-hybridized carbons (Fsp3) is 0.533. The summed E-state index contributed by atoms with van der Waals surface area (Å²) >= 11 is 0. The molecule has 0 amide bonds. The maximum Gasteiger partial charge on any atom is 0.308 e. The number of hydrogen-bond donors (Lipinski definition) is 2. The first-order chi connectivity index (χ1) is 8.84. The van der Waals surface area contributed by atoms with Gasteiger partial charge in [-0.25, -0.2) is 0 Å². The SMILES string of the molecule is CNC(c1cc(C)c(OC)c(C)c1C)C(C)C(=O)O. The molecule has 4 heteroatoms. The van der Waals surface area contributed by atoms with Gasteiger partial charge in [-0.2, -0.15) is 0 Å². The number of carboxylic acids is 1. The van der Waals surface area contributed by atoms with Crippen LogP contribution in [0.3, 0.4) is 0 Å². The van der Waals surface area contributed by atoms with Crippen LogP contribution in [0.1, 0.15) is 35.2 Å². The average Bonchev–Trinajstić information content (AvgIpc) is 2.36. The van der Waals surface area contributed by atoms with Crippen molar-refractivity contribution in [2.45, 2.75) is 33.7 Å². The van der Waals surface area contributed by atoms with Gasteiger partial charge >= 0.3 is 5.97 Å². The molecule has 1 aromatic rings. The molecule has 2 N–H and O–H groups in total. The fourth-order valence-corrected chi connectivity index (χ4v) is 2.54. The van der Waals surface area contributed by atoms with Gasteiger partial charge in [0.25, 0.3) is 0 Å². The van der Waals surface area contributed by atoms with Crippen LogP contribution in [-0.4, -0.2) is 25.2 Å². The van der Waals surface area contributed by atoms with E-state index in [1.807, 2.05) is 26.8 Å². The molecule has 0 saturated carbocycles. The van der Waals surface area contributed by atoms with E-state index in [4.69, 9.17) is 4.74 Å². The van der Waals surface area contributed by atoms with Crippen LogP contribution in [0.15, 0.2) is 6.07 Å². The van der Waals surface area contributed by atoms with Crippen LogP contribution in [0.4, 0.5) is 0 Å². The third kappa shape index (κ3) is 2.89.